The number of rotatable bonds is 6. The van der Waals surface area contributed by atoms with Gasteiger partial charge in [0.25, 0.3) is 0 Å². The molecule has 0 unspecified atom stereocenters. The van der Waals surface area contributed by atoms with Crippen molar-refractivity contribution in [3.8, 4) is 11.5 Å². The van der Waals surface area contributed by atoms with Crippen LogP contribution in [0.4, 0.5) is 29.3 Å². The third-order valence-corrected chi connectivity index (χ3v) is 4.60. The molecule has 30 heavy (non-hydrogen) atoms. The first-order valence-corrected chi connectivity index (χ1v) is 8.98. The number of amides is 3. The zero-order chi connectivity index (χ0) is 21.9. The predicted octanol–water partition coefficient (Wildman–Crippen LogP) is 3.60. The van der Waals surface area contributed by atoms with Crippen LogP contribution in [0.3, 0.4) is 0 Å². The molecule has 0 atom stereocenters. The molecule has 0 aromatic heterocycles. The Balaban J connectivity index is 1.62. The summed E-state index contributed by atoms with van der Waals surface area (Å²) >= 11 is 0. The van der Waals surface area contributed by atoms with Crippen LogP contribution in [0, 0.1) is 0 Å². The maximum absolute atomic E-state index is 12.7. The summed E-state index contributed by atoms with van der Waals surface area (Å²) in [6.07, 6.45) is -4.45. The smallest absolute Gasteiger partial charge is 0.416 e. The molecule has 10 heteroatoms. The average molecular weight is 423 g/mol. The maximum atomic E-state index is 12.7. The van der Waals surface area contributed by atoms with E-state index in [1.165, 1.54) is 36.2 Å². The molecule has 0 aliphatic carbocycles. The highest BCUT2D eigenvalue weighted by atomic mass is 19.4. The van der Waals surface area contributed by atoms with Gasteiger partial charge in [-0.25, -0.2) is 4.79 Å². The number of hydrogen-bond donors (Lipinski definition) is 1. The number of nitrogens with zero attached hydrogens (tertiary/aromatic N) is 2. The lowest BCUT2D eigenvalue weighted by molar-refractivity contribution is -0.137. The second-order valence-corrected chi connectivity index (χ2v) is 6.52. The molecular weight excluding hydrogens is 403 g/mol. The summed E-state index contributed by atoms with van der Waals surface area (Å²) in [5, 5.41) is 2.50. The molecule has 3 amide bonds. The third kappa shape index (κ3) is 4.58. The summed E-state index contributed by atoms with van der Waals surface area (Å²) in [4.78, 5) is 27.8. The summed E-state index contributed by atoms with van der Waals surface area (Å²) in [6, 6.07) is 8.81. The van der Waals surface area contributed by atoms with Crippen molar-refractivity contribution in [3.63, 3.8) is 0 Å². The minimum atomic E-state index is -4.45. The van der Waals surface area contributed by atoms with Crippen molar-refractivity contribution in [1.29, 1.82) is 0 Å². The highest BCUT2D eigenvalue weighted by molar-refractivity contribution is 5.99. The van der Waals surface area contributed by atoms with Crippen molar-refractivity contribution in [2.24, 2.45) is 0 Å². The van der Waals surface area contributed by atoms with Gasteiger partial charge in [-0.3, -0.25) is 9.69 Å². The van der Waals surface area contributed by atoms with Gasteiger partial charge in [-0.1, -0.05) is 0 Å². The number of halogens is 3. The first kappa shape index (κ1) is 21.3. The highest BCUT2D eigenvalue weighted by Gasteiger charge is 2.32. The number of carbonyl (C=O) groups is 2. The second-order valence-electron chi connectivity index (χ2n) is 6.52. The van der Waals surface area contributed by atoms with Gasteiger partial charge in [-0.15, -0.1) is 0 Å². The van der Waals surface area contributed by atoms with E-state index in [0.29, 0.717) is 30.3 Å². The molecule has 2 aromatic rings. The molecule has 2 aromatic carbocycles. The number of methoxy groups -OCH3 is 2. The number of urea groups is 1. The SMILES string of the molecule is COc1ccc(N2CCN(CC(=O)Nc3ccc(C(F)(F)F)cc3)C2=O)cc1OC. The third-order valence-electron chi connectivity index (χ3n) is 4.60. The molecule has 3 rings (SSSR count). The van der Waals surface area contributed by atoms with E-state index in [2.05, 4.69) is 5.32 Å². The molecule has 0 radical (unpaired) electrons. The van der Waals surface area contributed by atoms with Gasteiger partial charge in [-0.05, 0) is 36.4 Å². The van der Waals surface area contributed by atoms with Crippen LogP contribution < -0.4 is 19.7 Å². The number of benzene rings is 2. The zero-order valence-electron chi connectivity index (χ0n) is 16.3. The molecule has 0 spiro atoms. The summed E-state index contributed by atoms with van der Waals surface area (Å²) in [7, 11) is 3.00. The molecule has 1 aliphatic rings. The number of nitrogens with one attached hydrogen (secondary N) is 1. The molecule has 1 heterocycles. The number of alkyl halides is 3. The van der Waals surface area contributed by atoms with Crippen LogP contribution in [0.15, 0.2) is 42.5 Å². The fourth-order valence-electron chi connectivity index (χ4n) is 3.08. The maximum Gasteiger partial charge on any atom is 0.416 e. The monoisotopic (exact) mass is 423 g/mol. The van der Waals surface area contributed by atoms with Gasteiger partial charge in [0.1, 0.15) is 6.54 Å². The van der Waals surface area contributed by atoms with E-state index in [0.717, 1.165) is 12.1 Å². The Hall–Kier alpha value is -3.43. The van der Waals surface area contributed by atoms with E-state index in [-0.39, 0.29) is 18.3 Å². The molecule has 7 nitrogen and oxygen atoms in total. The van der Waals surface area contributed by atoms with Crippen LogP contribution in [0.1, 0.15) is 5.56 Å². The van der Waals surface area contributed by atoms with E-state index >= 15 is 0 Å². The number of anilines is 2. The van der Waals surface area contributed by atoms with Gasteiger partial charge in [0.05, 0.1) is 19.8 Å². The number of ether oxygens (including phenoxy) is 2. The van der Waals surface area contributed by atoms with Crippen LogP contribution in [-0.4, -0.2) is 50.7 Å². The molecule has 1 aliphatic heterocycles. The topological polar surface area (TPSA) is 71.1 Å². The van der Waals surface area contributed by atoms with Gasteiger partial charge >= 0.3 is 12.2 Å². The summed E-state index contributed by atoms with van der Waals surface area (Å²) < 4.78 is 48.3. The van der Waals surface area contributed by atoms with Crippen molar-refractivity contribution >= 4 is 23.3 Å². The lowest BCUT2D eigenvalue weighted by Gasteiger charge is -2.19. The van der Waals surface area contributed by atoms with Crippen molar-refractivity contribution in [2.75, 3.05) is 44.1 Å². The first-order valence-electron chi connectivity index (χ1n) is 8.98. The van der Waals surface area contributed by atoms with Crippen LogP contribution in [0.25, 0.3) is 0 Å². The fraction of sp³-hybridized carbons (Fsp3) is 0.300. The highest BCUT2D eigenvalue weighted by Crippen LogP contribution is 2.33. The Kier molecular flexibility index (Phi) is 6.04. The number of hydrogen-bond acceptors (Lipinski definition) is 4. The molecule has 0 bridgehead atoms. The largest absolute Gasteiger partial charge is 0.493 e. The van der Waals surface area contributed by atoms with Crippen LogP contribution in [0.5, 0.6) is 11.5 Å². The van der Waals surface area contributed by atoms with Crippen molar-refractivity contribution in [2.45, 2.75) is 6.18 Å². The van der Waals surface area contributed by atoms with Crippen molar-refractivity contribution in [3.05, 3.63) is 48.0 Å². The lowest BCUT2D eigenvalue weighted by Crippen LogP contribution is -2.37. The second kappa shape index (κ2) is 8.52. The van der Waals surface area contributed by atoms with Crippen molar-refractivity contribution in [1.82, 2.24) is 4.90 Å². The summed E-state index contributed by atoms with van der Waals surface area (Å²) in [6.45, 7) is 0.485. The lowest BCUT2D eigenvalue weighted by atomic mass is 10.2. The number of carbonyl (C=O) groups excluding carboxylic acids is 2. The molecule has 1 N–H and O–H groups in total. The van der Waals surface area contributed by atoms with Gasteiger partial charge in [0, 0.05) is 30.5 Å². The standard InChI is InChI=1S/C20H20F3N3O4/c1-29-16-8-7-15(11-17(16)30-2)26-10-9-25(19(26)28)12-18(27)24-14-5-3-13(4-6-14)20(21,22)23/h3-8,11H,9-10,12H2,1-2H3,(H,24,27). The predicted molar refractivity (Wildman–Crippen MR) is 104 cm³/mol. The Morgan fingerprint density at radius 1 is 1.03 bits per heavy atom. The molecule has 160 valence electrons. The van der Waals surface area contributed by atoms with E-state index in [1.54, 1.807) is 18.2 Å². The average Bonchev–Trinajstić information content (AvgIpc) is 3.07. The minimum Gasteiger partial charge on any atom is -0.493 e. The van der Waals surface area contributed by atoms with Gasteiger partial charge in [0.2, 0.25) is 5.91 Å². The Morgan fingerprint density at radius 3 is 2.30 bits per heavy atom. The van der Waals surface area contributed by atoms with Gasteiger partial charge in [-0.2, -0.15) is 13.2 Å². The normalized spacial score (nSPS) is 14.1. The minimum absolute atomic E-state index is 0.219. The van der Waals surface area contributed by atoms with Crippen LogP contribution >= 0.6 is 0 Å². The van der Waals surface area contributed by atoms with Crippen LogP contribution in [0.2, 0.25) is 0 Å². The van der Waals surface area contributed by atoms with Gasteiger partial charge < -0.3 is 19.7 Å². The summed E-state index contributed by atoms with van der Waals surface area (Å²) in [5.41, 5.74) is 0.0143. The molecular formula is C20H20F3N3O4. The Bertz CT molecular complexity index is 932. The van der Waals surface area contributed by atoms with Crippen molar-refractivity contribution < 1.29 is 32.2 Å². The van der Waals surface area contributed by atoms with E-state index in [4.69, 9.17) is 9.47 Å². The van der Waals surface area contributed by atoms with Gasteiger partial charge in [0.15, 0.2) is 11.5 Å². The van der Waals surface area contributed by atoms with E-state index in [9.17, 15) is 22.8 Å². The van der Waals surface area contributed by atoms with E-state index in [1.807, 2.05) is 0 Å². The Labute approximate surface area is 171 Å². The zero-order valence-corrected chi connectivity index (χ0v) is 16.3. The quantitative estimate of drug-likeness (QED) is 0.771. The molecule has 0 saturated carbocycles. The fourth-order valence-corrected chi connectivity index (χ4v) is 3.08. The summed E-state index contributed by atoms with van der Waals surface area (Å²) in [5.74, 6) is 0.499. The first-order chi connectivity index (χ1) is 14.2. The van der Waals surface area contributed by atoms with E-state index < -0.39 is 17.6 Å². The van der Waals surface area contributed by atoms with Crippen LogP contribution in [-0.2, 0) is 11.0 Å². The Morgan fingerprint density at radius 2 is 1.70 bits per heavy atom. The molecule has 1 saturated heterocycles. The molecule has 1 fully saturated rings.